The first kappa shape index (κ1) is 24.0. The van der Waals surface area contributed by atoms with Gasteiger partial charge in [-0.3, -0.25) is 0 Å². The molecule has 2 saturated heterocycles. The van der Waals surface area contributed by atoms with Gasteiger partial charge in [-0.1, -0.05) is 39.8 Å². The summed E-state index contributed by atoms with van der Waals surface area (Å²) in [7, 11) is -1.98. The second-order valence-electron chi connectivity index (χ2n) is 10.5. The Morgan fingerprint density at radius 3 is 2.18 bits per heavy atom. The molecule has 0 N–H and O–H groups in total. The molecule has 6 heteroatoms. The maximum atomic E-state index is 6.85. The molecule has 28 heavy (non-hydrogen) atoms. The van der Waals surface area contributed by atoms with E-state index in [1.165, 1.54) is 0 Å². The fourth-order valence-corrected chi connectivity index (χ4v) is 4.81. The van der Waals surface area contributed by atoms with Crippen LogP contribution < -0.4 is 0 Å². The average molecular weight is 415 g/mol. The molecule has 0 aliphatic carbocycles. The molecule has 0 radical (unpaired) electrons. The number of ether oxygens (including phenoxy) is 4. The van der Waals surface area contributed by atoms with Crippen LogP contribution in [0.25, 0.3) is 0 Å². The summed E-state index contributed by atoms with van der Waals surface area (Å²) in [6, 6.07) is 0. The largest absolute Gasteiger partial charge is 0.411 e. The van der Waals surface area contributed by atoms with Crippen LogP contribution in [-0.4, -0.2) is 50.9 Å². The van der Waals surface area contributed by atoms with E-state index in [2.05, 4.69) is 52.9 Å². The van der Waals surface area contributed by atoms with Crippen molar-refractivity contribution in [1.82, 2.24) is 0 Å². The third-order valence-electron chi connectivity index (χ3n) is 5.95. The highest BCUT2D eigenvalue weighted by Gasteiger charge is 2.53. The van der Waals surface area contributed by atoms with Gasteiger partial charge in [-0.2, -0.15) is 0 Å². The topological polar surface area (TPSA) is 46.2 Å². The minimum Gasteiger partial charge on any atom is -0.411 e. The molecule has 2 aliphatic rings. The van der Waals surface area contributed by atoms with Crippen molar-refractivity contribution in [3.63, 3.8) is 0 Å². The Labute approximate surface area is 173 Å². The van der Waals surface area contributed by atoms with Gasteiger partial charge in [0.25, 0.3) is 0 Å². The average Bonchev–Trinajstić information content (AvgIpc) is 3.04. The van der Waals surface area contributed by atoms with Crippen molar-refractivity contribution < 1.29 is 23.4 Å². The van der Waals surface area contributed by atoms with Crippen LogP contribution in [0.4, 0.5) is 0 Å². The SMILES string of the molecule is CC/C=C\C[C@H](O[Si](C)(C)C(C)(C)C)[C@@H]1OC(C)(C)O[C@H]1[C@H]1COC(C)(C)O1. The Bertz CT molecular complexity index is 550. The third-order valence-corrected chi connectivity index (χ3v) is 10.5. The first-order chi connectivity index (χ1) is 12.7. The highest BCUT2D eigenvalue weighted by molar-refractivity contribution is 6.74. The lowest BCUT2D eigenvalue weighted by molar-refractivity contribution is -0.175. The van der Waals surface area contributed by atoms with Gasteiger partial charge in [0.15, 0.2) is 19.9 Å². The molecule has 5 nitrogen and oxygen atoms in total. The zero-order valence-electron chi connectivity index (χ0n) is 19.6. The molecule has 0 bridgehead atoms. The van der Waals surface area contributed by atoms with Crippen LogP contribution in [0.1, 0.15) is 68.2 Å². The Morgan fingerprint density at radius 1 is 1.04 bits per heavy atom. The zero-order chi connectivity index (χ0) is 21.4. The molecule has 0 saturated carbocycles. The van der Waals surface area contributed by atoms with Crippen molar-refractivity contribution in [2.75, 3.05) is 6.61 Å². The molecule has 2 fully saturated rings. The van der Waals surface area contributed by atoms with Crippen LogP contribution in [0.2, 0.25) is 18.1 Å². The molecule has 2 aliphatic heterocycles. The van der Waals surface area contributed by atoms with Crippen molar-refractivity contribution >= 4 is 8.32 Å². The van der Waals surface area contributed by atoms with Gasteiger partial charge in [-0.25, -0.2) is 0 Å². The van der Waals surface area contributed by atoms with Crippen LogP contribution in [0.15, 0.2) is 12.2 Å². The molecular weight excluding hydrogens is 372 g/mol. The van der Waals surface area contributed by atoms with Crippen molar-refractivity contribution in [2.45, 2.75) is 122 Å². The smallest absolute Gasteiger partial charge is 0.192 e. The monoisotopic (exact) mass is 414 g/mol. The van der Waals surface area contributed by atoms with E-state index in [1.807, 2.05) is 27.7 Å². The summed E-state index contributed by atoms with van der Waals surface area (Å²) in [4.78, 5) is 0. The summed E-state index contributed by atoms with van der Waals surface area (Å²) in [6.07, 6.45) is 5.55. The quantitative estimate of drug-likeness (QED) is 0.412. The molecule has 0 aromatic carbocycles. The summed E-state index contributed by atoms with van der Waals surface area (Å²) >= 11 is 0. The van der Waals surface area contributed by atoms with Gasteiger partial charge in [0.2, 0.25) is 0 Å². The van der Waals surface area contributed by atoms with Gasteiger partial charge in [-0.15, -0.1) is 0 Å². The zero-order valence-corrected chi connectivity index (χ0v) is 20.6. The van der Waals surface area contributed by atoms with Gasteiger partial charge in [0.05, 0.1) is 12.7 Å². The number of allylic oxidation sites excluding steroid dienone is 1. The summed E-state index contributed by atoms with van der Waals surface area (Å²) < 4.78 is 31.5. The molecular formula is C22H42O5Si. The Balaban J connectivity index is 2.28. The van der Waals surface area contributed by atoms with Gasteiger partial charge in [-0.05, 0) is 58.7 Å². The van der Waals surface area contributed by atoms with E-state index in [4.69, 9.17) is 23.4 Å². The minimum atomic E-state index is -1.98. The summed E-state index contributed by atoms with van der Waals surface area (Å²) in [5.41, 5.74) is 0. The maximum absolute atomic E-state index is 6.85. The Kier molecular flexibility index (Phi) is 7.28. The standard InChI is InChI=1S/C22H42O5Si/c1-11-12-13-14-16(27-28(9,10)20(2,3)4)18-19(26-22(7,8)25-18)17-15-23-21(5,6)24-17/h12-13,16-19H,11,14-15H2,1-10H3/b13-12-/t16-,17+,18-,19-/m0/s1. The van der Waals surface area contributed by atoms with E-state index in [0.29, 0.717) is 6.61 Å². The lowest BCUT2D eigenvalue weighted by Gasteiger charge is -2.41. The molecule has 2 heterocycles. The minimum absolute atomic E-state index is 0.0808. The fourth-order valence-electron chi connectivity index (χ4n) is 3.47. The molecule has 0 amide bonds. The van der Waals surface area contributed by atoms with Gasteiger partial charge in [0.1, 0.15) is 18.3 Å². The Hall–Kier alpha value is -0.243. The predicted octanol–water partition coefficient (Wildman–Crippen LogP) is 5.40. The van der Waals surface area contributed by atoms with E-state index >= 15 is 0 Å². The normalized spacial score (nSPS) is 31.6. The molecule has 164 valence electrons. The first-order valence-corrected chi connectivity index (χ1v) is 13.6. The van der Waals surface area contributed by atoms with Crippen LogP contribution in [0.5, 0.6) is 0 Å². The lowest BCUT2D eigenvalue weighted by Crippen LogP contribution is -2.51. The summed E-state index contributed by atoms with van der Waals surface area (Å²) in [6.45, 7) is 21.8. The first-order valence-electron chi connectivity index (χ1n) is 10.7. The molecule has 0 unspecified atom stereocenters. The highest BCUT2D eigenvalue weighted by atomic mass is 28.4. The van der Waals surface area contributed by atoms with Gasteiger partial charge >= 0.3 is 0 Å². The fraction of sp³-hybridized carbons (Fsp3) is 0.909. The van der Waals surface area contributed by atoms with E-state index < -0.39 is 19.9 Å². The van der Waals surface area contributed by atoms with Gasteiger partial charge in [0, 0.05) is 0 Å². The van der Waals surface area contributed by atoms with E-state index in [9.17, 15) is 0 Å². The van der Waals surface area contributed by atoms with Crippen molar-refractivity contribution in [2.24, 2.45) is 0 Å². The lowest BCUT2D eigenvalue weighted by atomic mass is 10.0. The van der Waals surface area contributed by atoms with Crippen LogP contribution in [0.3, 0.4) is 0 Å². The second kappa shape index (κ2) is 8.48. The van der Waals surface area contributed by atoms with Crippen LogP contribution in [0, 0.1) is 0 Å². The number of hydrogen-bond donors (Lipinski definition) is 0. The van der Waals surface area contributed by atoms with E-state index in [0.717, 1.165) is 12.8 Å². The second-order valence-corrected chi connectivity index (χ2v) is 15.2. The molecule has 4 atom stereocenters. The molecule has 0 aromatic heterocycles. The number of rotatable bonds is 7. The van der Waals surface area contributed by atoms with E-state index in [-0.39, 0.29) is 29.5 Å². The Morgan fingerprint density at radius 2 is 1.68 bits per heavy atom. The van der Waals surface area contributed by atoms with Gasteiger partial charge < -0.3 is 23.4 Å². The molecule has 0 spiro atoms. The third kappa shape index (κ3) is 5.89. The maximum Gasteiger partial charge on any atom is 0.192 e. The van der Waals surface area contributed by atoms with Crippen molar-refractivity contribution in [3.8, 4) is 0 Å². The highest BCUT2D eigenvalue weighted by Crippen LogP contribution is 2.42. The summed E-state index contributed by atoms with van der Waals surface area (Å²) in [5.74, 6) is -1.27. The van der Waals surface area contributed by atoms with Crippen molar-refractivity contribution in [3.05, 3.63) is 12.2 Å². The van der Waals surface area contributed by atoms with Crippen LogP contribution >= 0.6 is 0 Å². The van der Waals surface area contributed by atoms with E-state index in [1.54, 1.807) is 0 Å². The number of hydrogen-bond acceptors (Lipinski definition) is 5. The molecule has 2 rings (SSSR count). The molecule has 0 aromatic rings. The summed E-state index contributed by atoms with van der Waals surface area (Å²) in [5, 5.41) is 0.124. The van der Waals surface area contributed by atoms with Crippen molar-refractivity contribution in [1.29, 1.82) is 0 Å². The predicted molar refractivity (Wildman–Crippen MR) is 115 cm³/mol. The van der Waals surface area contributed by atoms with Crippen LogP contribution in [-0.2, 0) is 23.4 Å².